The van der Waals surface area contributed by atoms with E-state index in [1.165, 1.54) is 18.2 Å². The summed E-state index contributed by atoms with van der Waals surface area (Å²) in [6, 6.07) is 10.7. The van der Waals surface area contributed by atoms with Crippen LogP contribution in [0.25, 0.3) is 0 Å². The highest BCUT2D eigenvalue weighted by molar-refractivity contribution is 6.33. The van der Waals surface area contributed by atoms with Crippen molar-refractivity contribution in [2.24, 2.45) is 5.10 Å². The largest absolute Gasteiger partial charge is 0.484 e. The second-order valence-corrected chi connectivity index (χ2v) is 5.79. The van der Waals surface area contributed by atoms with Gasteiger partial charge in [0, 0.05) is 10.6 Å². The summed E-state index contributed by atoms with van der Waals surface area (Å²) in [6.07, 6.45) is 1.08. The fourth-order valence-corrected chi connectivity index (χ4v) is 2.09. The molecule has 0 unspecified atom stereocenters. The second-order valence-electron chi connectivity index (χ2n) is 4.95. The smallest absolute Gasteiger partial charge is 0.259 e. The highest BCUT2D eigenvalue weighted by atomic mass is 35.5. The summed E-state index contributed by atoms with van der Waals surface area (Å²) in [4.78, 5) is 23.2. The first-order valence-electron chi connectivity index (χ1n) is 7.36. The molecule has 0 saturated heterocycles. The molecule has 0 aliphatic carbocycles. The van der Waals surface area contributed by atoms with E-state index >= 15 is 0 Å². The van der Waals surface area contributed by atoms with Crippen LogP contribution in [-0.2, 0) is 9.59 Å². The standard InChI is InChI=1S/C17H14Cl2FN3O3/c18-11-4-6-12(7-5-11)26-10-17(25)21-9-16(24)23-22-8-13-14(19)2-1-3-15(13)20/h1-8H,9-10H2,(H,21,25)(H,23,24)/b22-8-. The van der Waals surface area contributed by atoms with E-state index in [2.05, 4.69) is 15.8 Å². The van der Waals surface area contributed by atoms with Gasteiger partial charge in [0.2, 0.25) is 0 Å². The van der Waals surface area contributed by atoms with Crippen molar-refractivity contribution in [2.75, 3.05) is 13.2 Å². The van der Waals surface area contributed by atoms with Crippen LogP contribution in [0, 0.1) is 5.82 Å². The fraction of sp³-hybridized carbons (Fsp3) is 0.118. The minimum atomic E-state index is -0.589. The minimum absolute atomic E-state index is 0.0508. The van der Waals surface area contributed by atoms with Gasteiger partial charge in [-0.05, 0) is 36.4 Å². The maximum Gasteiger partial charge on any atom is 0.259 e. The summed E-state index contributed by atoms with van der Waals surface area (Å²) in [5, 5.41) is 6.67. The van der Waals surface area contributed by atoms with Gasteiger partial charge < -0.3 is 10.1 Å². The molecule has 6 nitrogen and oxygen atoms in total. The Kier molecular flexibility index (Phi) is 7.37. The average molecular weight is 398 g/mol. The lowest BCUT2D eigenvalue weighted by Crippen LogP contribution is -2.37. The number of hydrogen-bond donors (Lipinski definition) is 2. The van der Waals surface area contributed by atoms with Gasteiger partial charge in [0.1, 0.15) is 11.6 Å². The van der Waals surface area contributed by atoms with Crippen LogP contribution in [0.15, 0.2) is 47.6 Å². The zero-order valence-corrected chi connectivity index (χ0v) is 14.9. The number of carbonyl (C=O) groups excluding carboxylic acids is 2. The van der Waals surface area contributed by atoms with Gasteiger partial charge >= 0.3 is 0 Å². The van der Waals surface area contributed by atoms with E-state index in [9.17, 15) is 14.0 Å². The molecular formula is C17H14Cl2FN3O3. The minimum Gasteiger partial charge on any atom is -0.484 e. The number of rotatable bonds is 7. The number of ether oxygens (including phenoxy) is 1. The molecule has 0 saturated carbocycles. The van der Waals surface area contributed by atoms with Crippen molar-refractivity contribution in [2.45, 2.75) is 0 Å². The molecule has 0 aliphatic rings. The molecule has 0 spiro atoms. The number of benzene rings is 2. The first-order chi connectivity index (χ1) is 12.5. The summed E-state index contributed by atoms with van der Waals surface area (Å²) in [6.45, 7) is -0.575. The van der Waals surface area contributed by atoms with Gasteiger partial charge in [0.15, 0.2) is 6.61 Å². The van der Waals surface area contributed by atoms with Crippen LogP contribution in [-0.4, -0.2) is 31.2 Å². The van der Waals surface area contributed by atoms with Gasteiger partial charge in [0.25, 0.3) is 11.8 Å². The molecule has 2 amide bonds. The van der Waals surface area contributed by atoms with Crippen LogP contribution >= 0.6 is 23.2 Å². The SMILES string of the molecule is O=C(COc1ccc(Cl)cc1)NCC(=O)N/N=C\c1c(F)cccc1Cl. The maximum absolute atomic E-state index is 13.5. The average Bonchev–Trinajstić information content (AvgIpc) is 2.62. The van der Waals surface area contributed by atoms with E-state index in [1.54, 1.807) is 24.3 Å². The summed E-state index contributed by atoms with van der Waals surface area (Å²) in [7, 11) is 0. The molecule has 9 heteroatoms. The summed E-state index contributed by atoms with van der Waals surface area (Å²) < 4.78 is 18.7. The predicted octanol–water partition coefficient (Wildman–Crippen LogP) is 2.78. The summed E-state index contributed by atoms with van der Waals surface area (Å²) in [5.41, 5.74) is 2.21. The van der Waals surface area contributed by atoms with Crippen molar-refractivity contribution in [3.8, 4) is 5.75 Å². The van der Waals surface area contributed by atoms with Crippen molar-refractivity contribution in [1.82, 2.24) is 10.7 Å². The van der Waals surface area contributed by atoms with E-state index in [1.807, 2.05) is 0 Å². The molecule has 2 rings (SSSR count). The van der Waals surface area contributed by atoms with E-state index < -0.39 is 17.6 Å². The van der Waals surface area contributed by atoms with Crippen LogP contribution < -0.4 is 15.5 Å². The molecule has 136 valence electrons. The highest BCUT2D eigenvalue weighted by Gasteiger charge is 2.07. The Balaban J connectivity index is 1.71. The van der Waals surface area contributed by atoms with Crippen LogP contribution in [0.2, 0.25) is 10.0 Å². The zero-order valence-electron chi connectivity index (χ0n) is 13.3. The van der Waals surface area contributed by atoms with Crippen LogP contribution in [0.4, 0.5) is 4.39 Å². The molecule has 0 bridgehead atoms. The Hall–Kier alpha value is -2.64. The monoisotopic (exact) mass is 397 g/mol. The van der Waals surface area contributed by atoms with Gasteiger partial charge in [0.05, 0.1) is 17.8 Å². The predicted molar refractivity (Wildman–Crippen MR) is 97.1 cm³/mol. The van der Waals surface area contributed by atoms with E-state index in [-0.39, 0.29) is 23.7 Å². The summed E-state index contributed by atoms with van der Waals surface area (Å²) in [5.74, 6) is -1.17. The number of hydrazone groups is 1. The van der Waals surface area contributed by atoms with Gasteiger partial charge in [-0.3, -0.25) is 9.59 Å². The molecule has 26 heavy (non-hydrogen) atoms. The lowest BCUT2D eigenvalue weighted by atomic mass is 10.2. The Morgan fingerprint density at radius 2 is 1.85 bits per heavy atom. The van der Waals surface area contributed by atoms with Gasteiger partial charge in [-0.15, -0.1) is 0 Å². The Morgan fingerprint density at radius 3 is 2.54 bits per heavy atom. The van der Waals surface area contributed by atoms with E-state index in [0.717, 1.165) is 6.21 Å². The molecule has 2 aromatic rings. The summed E-state index contributed by atoms with van der Waals surface area (Å²) >= 11 is 11.6. The molecule has 0 radical (unpaired) electrons. The van der Waals surface area contributed by atoms with Crippen molar-refractivity contribution in [1.29, 1.82) is 0 Å². The normalized spacial score (nSPS) is 10.6. The molecule has 0 heterocycles. The lowest BCUT2D eigenvalue weighted by Gasteiger charge is -2.07. The van der Waals surface area contributed by atoms with Crippen LogP contribution in [0.5, 0.6) is 5.75 Å². The first kappa shape index (κ1) is 19.7. The maximum atomic E-state index is 13.5. The Morgan fingerprint density at radius 1 is 1.12 bits per heavy atom. The van der Waals surface area contributed by atoms with Gasteiger partial charge in [-0.1, -0.05) is 29.3 Å². The number of carbonyl (C=O) groups is 2. The number of halogens is 3. The van der Waals surface area contributed by atoms with E-state index in [0.29, 0.717) is 10.8 Å². The molecule has 0 atom stereocenters. The number of amides is 2. The zero-order chi connectivity index (χ0) is 18.9. The van der Waals surface area contributed by atoms with Gasteiger partial charge in [-0.25, -0.2) is 9.82 Å². The molecule has 0 fully saturated rings. The van der Waals surface area contributed by atoms with Crippen molar-refractivity contribution >= 4 is 41.2 Å². The topological polar surface area (TPSA) is 79.8 Å². The Bertz CT molecular complexity index is 793. The lowest BCUT2D eigenvalue weighted by molar-refractivity contribution is -0.127. The first-order valence-corrected chi connectivity index (χ1v) is 8.12. The molecule has 2 aromatic carbocycles. The Labute approximate surface area is 158 Å². The molecular weight excluding hydrogens is 384 g/mol. The van der Waals surface area contributed by atoms with Crippen molar-refractivity contribution in [3.05, 3.63) is 63.9 Å². The number of nitrogens with one attached hydrogen (secondary N) is 2. The third-order valence-electron chi connectivity index (χ3n) is 3.01. The van der Waals surface area contributed by atoms with Crippen LogP contribution in [0.3, 0.4) is 0 Å². The third-order valence-corrected chi connectivity index (χ3v) is 3.59. The number of nitrogens with zero attached hydrogens (tertiary/aromatic N) is 1. The second kappa shape index (κ2) is 9.74. The highest BCUT2D eigenvalue weighted by Crippen LogP contribution is 2.16. The number of hydrogen-bond acceptors (Lipinski definition) is 4. The van der Waals surface area contributed by atoms with Crippen molar-refractivity contribution < 1.29 is 18.7 Å². The van der Waals surface area contributed by atoms with Gasteiger partial charge in [-0.2, -0.15) is 5.10 Å². The van der Waals surface area contributed by atoms with E-state index in [4.69, 9.17) is 27.9 Å². The van der Waals surface area contributed by atoms with Crippen molar-refractivity contribution in [3.63, 3.8) is 0 Å². The quantitative estimate of drug-likeness (QED) is 0.556. The molecule has 2 N–H and O–H groups in total. The molecule has 0 aliphatic heterocycles. The fourth-order valence-electron chi connectivity index (χ4n) is 1.75. The molecule has 0 aromatic heterocycles. The van der Waals surface area contributed by atoms with Crippen LogP contribution in [0.1, 0.15) is 5.56 Å². The third kappa shape index (κ3) is 6.34.